The van der Waals surface area contributed by atoms with E-state index in [-0.39, 0.29) is 29.7 Å². The lowest BCUT2D eigenvalue weighted by Crippen LogP contribution is -2.49. The molecular weight excluding hydrogens is 592 g/mol. The van der Waals surface area contributed by atoms with Crippen LogP contribution in [-0.2, 0) is 57.2 Å². The third-order valence-corrected chi connectivity index (χ3v) is 7.93. The van der Waals surface area contributed by atoms with E-state index in [4.69, 9.17) is 28.4 Å². The smallest absolute Gasteiger partial charge is 0.307 e. The van der Waals surface area contributed by atoms with Crippen molar-refractivity contribution in [1.82, 2.24) is 0 Å². The Labute approximate surface area is 262 Å². The number of carbonyl (C=O) groups is 6. The number of rotatable bonds is 7. The Balaban J connectivity index is 3.21. The van der Waals surface area contributed by atoms with Gasteiger partial charge in [-0.25, -0.2) is 0 Å². The Morgan fingerprint density at radius 1 is 0.689 bits per heavy atom. The normalized spacial score (nSPS) is 29.4. The Morgan fingerprint density at radius 2 is 1.16 bits per heavy atom. The van der Waals surface area contributed by atoms with Gasteiger partial charge in [0.1, 0.15) is 24.4 Å². The summed E-state index contributed by atoms with van der Waals surface area (Å²) in [5.74, 6) is -5.09. The zero-order chi connectivity index (χ0) is 34.4. The van der Waals surface area contributed by atoms with E-state index in [0.29, 0.717) is 11.1 Å². The van der Waals surface area contributed by atoms with E-state index >= 15 is 0 Å². The van der Waals surface area contributed by atoms with Crippen molar-refractivity contribution < 1.29 is 62.3 Å². The van der Waals surface area contributed by atoms with Gasteiger partial charge in [0.25, 0.3) is 0 Å². The lowest BCUT2D eigenvalue weighted by Gasteiger charge is -2.48. The van der Waals surface area contributed by atoms with E-state index in [2.05, 4.69) is 0 Å². The van der Waals surface area contributed by atoms with Crippen LogP contribution in [0.3, 0.4) is 0 Å². The summed E-state index contributed by atoms with van der Waals surface area (Å²) in [5.41, 5.74) is 0.143. The highest BCUT2D eigenvalue weighted by Crippen LogP contribution is 2.51. The second-order valence-electron chi connectivity index (χ2n) is 11.8. The van der Waals surface area contributed by atoms with Crippen LogP contribution in [0, 0.1) is 11.3 Å². The van der Waals surface area contributed by atoms with E-state index in [0.717, 1.165) is 20.8 Å². The molecule has 0 aliphatic heterocycles. The Hall–Kier alpha value is -4.00. The minimum atomic E-state index is -1.40. The molecule has 250 valence electrons. The highest BCUT2D eigenvalue weighted by molar-refractivity contribution is 5.71. The fourth-order valence-electron chi connectivity index (χ4n) is 6.15. The van der Waals surface area contributed by atoms with E-state index in [1.165, 1.54) is 33.8 Å². The maximum absolute atomic E-state index is 12.6. The summed E-state index contributed by atoms with van der Waals surface area (Å²) in [6.45, 7) is 13.2. The third-order valence-electron chi connectivity index (χ3n) is 7.93. The van der Waals surface area contributed by atoms with Crippen LogP contribution in [-0.4, -0.2) is 78.0 Å². The van der Waals surface area contributed by atoms with Gasteiger partial charge in [0.15, 0.2) is 11.9 Å². The molecular formula is C32H44O13. The predicted molar refractivity (Wildman–Crippen MR) is 157 cm³/mol. The molecule has 0 spiro atoms. The molecule has 13 heteroatoms. The van der Waals surface area contributed by atoms with Gasteiger partial charge in [-0.2, -0.15) is 0 Å². The average Bonchev–Trinajstić information content (AvgIpc) is 2.87. The summed E-state index contributed by atoms with van der Waals surface area (Å²) in [7, 11) is 0. The topological polar surface area (TPSA) is 178 Å². The first-order valence-electron chi connectivity index (χ1n) is 14.6. The number of fused-ring (bicyclic) bond motifs is 2. The maximum Gasteiger partial charge on any atom is 0.307 e. The van der Waals surface area contributed by atoms with Gasteiger partial charge in [0, 0.05) is 59.5 Å². The number of hydrogen-bond donors (Lipinski definition) is 1. The number of carbonyl (C=O) groups excluding carboxylic acids is 6. The van der Waals surface area contributed by atoms with E-state index in [9.17, 15) is 33.9 Å². The second kappa shape index (κ2) is 15.3. The number of aliphatic hydroxyl groups is 1. The van der Waals surface area contributed by atoms with Crippen molar-refractivity contribution in [2.24, 2.45) is 11.3 Å². The molecule has 0 amide bonds. The molecule has 0 heterocycles. The Bertz CT molecular complexity index is 1300. The van der Waals surface area contributed by atoms with Crippen LogP contribution in [0.4, 0.5) is 0 Å². The van der Waals surface area contributed by atoms with Crippen molar-refractivity contribution in [3.8, 4) is 0 Å². The molecule has 2 bridgehead atoms. The van der Waals surface area contributed by atoms with Gasteiger partial charge in [0.05, 0.1) is 6.61 Å². The van der Waals surface area contributed by atoms with Crippen LogP contribution in [0.1, 0.15) is 82.1 Å². The highest BCUT2D eigenvalue weighted by Gasteiger charge is 2.51. The molecule has 0 saturated heterocycles. The van der Waals surface area contributed by atoms with Gasteiger partial charge in [-0.3, -0.25) is 28.8 Å². The maximum atomic E-state index is 12.6. The summed E-state index contributed by atoms with van der Waals surface area (Å²) in [6, 6.07) is 0. The van der Waals surface area contributed by atoms with E-state index < -0.39 is 84.3 Å². The molecule has 2 rings (SSSR count). The van der Waals surface area contributed by atoms with Gasteiger partial charge in [-0.1, -0.05) is 13.8 Å². The molecule has 0 aromatic carbocycles. The zero-order valence-electron chi connectivity index (χ0n) is 27.5. The molecule has 2 aliphatic carbocycles. The largest absolute Gasteiger partial charge is 0.458 e. The van der Waals surface area contributed by atoms with Gasteiger partial charge in [0.2, 0.25) is 0 Å². The van der Waals surface area contributed by atoms with Crippen molar-refractivity contribution in [3.63, 3.8) is 0 Å². The molecule has 2 aliphatic rings. The van der Waals surface area contributed by atoms with Crippen LogP contribution in [0.5, 0.6) is 0 Å². The van der Waals surface area contributed by atoms with Crippen molar-refractivity contribution >= 4 is 35.8 Å². The Kier molecular flexibility index (Phi) is 12.7. The summed E-state index contributed by atoms with van der Waals surface area (Å²) < 4.78 is 34.3. The quantitative estimate of drug-likeness (QED) is 0.245. The van der Waals surface area contributed by atoms with Gasteiger partial charge < -0.3 is 33.5 Å². The Morgan fingerprint density at radius 3 is 1.60 bits per heavy atom. The average molecular weight is 637 g/mol. The van der Waals surface area contributed by atoms with Crippen LogP contribution < -0.4 is 0 Å². The second-order valence-corrected chi connectivity index (χ2v) is 11.8. The SMILES string of the molecule is CC(=O)O/C1=C(/C)[C@@H](OC(C)=O)C[C@H](OC(C)=O)/C(CO)=C/[C@H](OC(C)=O)[C@@H]2C[C@H](OC(C)=O)C(C)=C([C@H]1OC(C)=O)C2(C)C. The lowest BCUT2D eigenvalue weighted by atomic mass is 9.60. The fraction of sp³-hybridized carbons (Fsp3) is 0.625. The summed E-state index contributed by atoms with van der Waals surface area (Å²) in [4.78, 5) is 74.4. The molecule has 0 unspecified atom stereocenters. The minimum absolute atomic E-state index is 0.139. The van der Waals surface area contributed by atoms with Gasteiger partial charge in [-0.15, -0.1) is 0 Å². The standard InChI is InChI=1S/C32H44O13/c1-15-25(40-17(3)34)12-24-28(43-20(6)37)11-23(14-33)27(42-19(5)36)13-26(41-18(4)35)16(2)30(44-21(7)38)31(45-22(8)39)29(15)32(24,9)10/h11,24-28,31,33H,12-14H2,1-10H3/b23-11+,30-16-/t24-,25-,26-,27-,28-,31+/m0/s1. The minimum Gasteiger partial charge on any atom is -0.458 e. The van der Waals surface area contributed by atoms with Crippen LogP contribution >= 0.6 is 0 Å². The van der Waals surface area contributed by atoms with E-state index in [1.54, 1.807) is 20.8 Å². The molecule has 0 radical (unpaired) electrons. The number of aliphatic hydroxyl groups excluding tert-OH is 1. The first-order valence-corrected chi connectivity index (χ1v) is 14.6. The number of esters is 6. The van der Waals surface area contributed by atoms with Crippen LogP contribution in [0.15, 0.2) is 34.1 Å². The number of ether oxygens (including phenoxy) is 6. The summed E-state index contributed by atoms with van der Waals surface area (Å²) >= 11 is 0. The molecule has 0 saturated carbocycles. The molecule has 1 N–H and O–H groups in total. The van der Waals surface area contributed by atoms with Crippen molar-refractivity contribution in [2.75, 3.05) is 6.61 Å². The molecule has 0 fully saturated rings. The third kappa shape index (κ3) is 9.49. The fourth-order valence-corrected chi connectivity index (χ4v) is 6.15. The summed E-state index contributed by atoms with van der Waals surface area (Å²) in [6.07, 6.45) is -4.45. The van der Waals surface area contributed by atoms with Crippen molar-refractivity contribution in [1.29, 1.82) is 0 Å². The van der Waals surface area contributed by atoms with Gasteiger partial charge >= 0.3 is 35.8 Å². The molecule has 6 atom stereocenters. The highest BCUT2D eigenvalue weighted by atomic mass is 16.6. The molecule has 13 nitrogen and oxygen atoms in total. The summed E-state index contributed by atoms with van der Waals surface area (Å²) in [5, 5.41) is 10.5. The zero-order valence-corrected chi connectivity index (χ0v) is 27.5. The van der Waals surface area contributed by atoms with Gasteiger partial charge in [-0.05, 0) is 48.5 Å². The molecule has 0 aromatic rings. The number of hydrogen-bond acceptors (Lipinski definition) is 13. The van der Waals surface area contributed by atoms with E-state index in [1.807, 2.05) is 0 Å². The first kappa shape index (κ1) is 37.2. The first-order chi connectivity index (χ1) is 20.8. The molecule has 0 aromatic heterocycles. The predicted octanol–water partition coefficient (Wildman–Crippen LogP) is 3.17. The van der Waals surface area contributed by atoms with Crippen molar-refractivity contribution in [2.45, 2.75) is 113 Å². The molecule has 45 heavy (non-hydrogen) atoms. The van der Waals surface area contributed by atoms with Crippen LogP contribution in [0.2, 0.25) is 0 Å². The van der Waals surface area contributed by atoms with Crippen molar-refractivity contribution in [3.05, 3.63) is 34.1 Å². The lowest BCUT2D eigenvalue weighted by molar-refractivity contribution is -0.156. The van der Waals surface area contributed by atoms with Crippen LogP contribution in [0.25, 0.3) is 0 Å². The monoisotopic (exact) mass is 636 g/mol.